The van der Waals surface area contributed by atoms with E-state index in [1.807, 2.05) is 6.08 Å². The summed E-state index contributed by atoms with van der Waals surface area (Å²) < 4.78 is 5.86. The molecule has 0 aliphatic heterocycles. The molecule has 0 heterocycles. The first-order chi connectivity index (χ1) is 9.06. The Balaban J connectivity index is 3.20. The Kier molecular flexibility index (Phi) is 6.14. The van der Waals surface area contributed by atoms with Gasteiger partial charge in [0, 0.05) is 0 Å². The van der Waals surface area contributed by atoms with E-state index in [4.69, 9.17) is 4.74 Å². The van der Waals surface area contributed by atoms with E-state index >= 15 is 0 Å². The normalized spacial score (nSPS) is 12.3. The number of ether oxygens (including phenoxy) is 1. The summed E-state index contributed by atoms with van der Waals surface area (Å²) >= 11 is 0. The lowest BCUT2D eigenvalue weighted by Gasteiger charge is -2.22. The molecule has 0 saturated heterocycles. The minimum atomic E-state index is 0.580. The lowest BCUT2D eigenvalue weighted by atomic mass is 9.84. The fraction of sp³-hybridized carbons (Fsp3) is 0.556. The minimum Gasteiger partial charge on any atom is -0.493 e. The van der Waals surface area contributed by atoms with Crippen molar-refractivity contribution < 1.29 is 4.74 Å². The van der Waals surface area contributed by atoms with Crippen molar-refractivity contribution >= 4 is 0 Å². The zero-order chi connectivity index (χ0) is 14.4. The number of allylic oxidation sites excluding steroid dienone is 1. The standard InChI is InChI=1S/C18H28O/c1-7-10-16(9-3)18-13(4)12-17(19-11-8-2)14(5)15(18)6/h7,12,16H,1,8-11H2,2-6H3. The predicted molar refractivity (Wildman–Crippen MR) is 84.3 cm³/mol. The second kappa shape index (κ2) is 7.37. The van der Waals surface area contributed by atoms with Crippen LogP contribution >= 0.6 is 0 Å². The lowest BCUT2D eigenvalue weighted by molar-refractivity contribution is 0.314. The Bertz CT molecular complexity index is 432. The molecule has 0 saturated carbocycles. The topological polar surface area (TPSA) is 9.23 Å². The first-order valence-electron chi connectivity index (χ1n) is 7.41. The summed E-state index contributed by atoms with van der Waals surface area (Å²) in [6, 6.07) is 2.21. The van der Waals surface area contributed by atoms with Crippen molar-refractivity contribution in [2.75, 3.05) is 6.61 Å². The summed E-state index contributed by atoms with van der Waals surface area (Å²) in [4.78, 5) is 0. The van der Waals surface area contributed by atoms with Crippen LogP contribution in [-0.2, 0) is 0 Å². The third-order valence-corrected chi connectivity index (χ3v) is 3.92. The van der Waals surface area contributed by atoms with Crippen molar-refractivity contribution in [1.29, 1.82) is 0 Å². The van der Waals surface area contributed by atoms with Crippen molar-refractivity contribution in [2.24, 2.45) is 0 Å². The number of rotatable bonds is 7. The van der Waals surface area contributed by atoms with Gasteiger partial charge in [-0.3, -0.25) is 0 Å². The fourth-order valence-electron chi connectivity index (χ4n) is 2.75. The van der Waals surface area contributed by atoms with Crippen molar-refractivity contribution in [3.05, 3.63) is 41.0 Å². The number of aryl methyl sites for hydroxylation is 1. The van der Waals surface area contributed by atoms with Gasteiger partial charge in [0.2, 0.25) is 0 Å². The van der Waals surface area contributed by atoms with Crippen LogP contribution in [0.25, 0.3) is 0 Å². The maximum atomic E-state index is 5.86. The molecule has 1 aromatic carbocycles. The van der Waals surface area contributed by atoms with Crippen LogP contribution in [0, 0.1) is 20.8 Å². The maximum Gasteiger partial charge on any atom is 0.122 e. The van der Waals surface area contributed by atoms with E-state index in [1.54, 1.807) is 0 Å². The third-order valence-electron chi connectivity index (χ3n) is 3.92. The lowest BCUT2D eigenvalue weighted by Crippen LogP contribution is -2.06. The van der Waals surface area contributed by atoms with Crippen LogP contribution in [0.1, 0.15) is 61.3 Å². The minimum absolute atomic E-state index is 0.580. The van der Waals surface area contributed by atoms with E-state index in [0.717, 1.165) is 31.6 Å². The Morgan fingerprint density at radius 2 is 1.89 bits per heavy atom. The fourth-order valence-corrected chi connectivity index (χ4v) is 2.75. The van der Waals surface area contributed by atoms with Gasteiger partial charge < -0.3 is 4.74 Å². The summed E-state index contributed by atoms with van der Waals surface area (Å²) in [5.41, 5.74) is 5.52. The van der Waals surface area contributed by atoms with Crippen LogP contribution in [0.3, 0.4) is 0 Å². The SMILES string of the molecule is C=CCC(CC)c1c(C)cc(OCCC)c(C)c1C. The monoisotopic (exact) mass is 260 g/mol. The second-order valence-electron chi connectivity index (χ2n) is 5.33. The highest BCUT2D eigenvalue weighted by atomic mass is 16.5. The molecule has 0 N–H and O–H groups in total. The van der Waals surface area contributed by atoms with Crippen LogP contribution < -0.4 is 4.74 Å². The molecule has 0 fully saturated rings. The van der Waals surface area contributed by atoms with E-state index in [1.165, 1.54) is 22.3 Å². The molecule has 0 amide bonds. The molecular weight excluding hydrogens is 232 g/mol. The molecule has 0 aliphatic carbocycles. The van der Waals surface area contributed by atoms with Crippen LogP contribution in [0.15, 0.2) is 18.7 Å². The average Bonchev–Trinajstić information content (AvgIpc) is 2.40. The van der Waals surface area contributed by atoms with E-state index in [2.05, 4.69) is 47.3 Å². The highest BCUT2D eigenvalue weighted by Crippen LogP contribution is 2.35. The van der Waals surface area contributed by atoms with Crippen molar-refractivity contribution in [2.45, 2.75) is 59.8 Å². The molecule has 1 atom stereocenters. The molecule has 1 nitrogen and oxygen atoms in total. The molecule has 1 rings (SSSR count). The van der Waals surface area contributed by atoms with E-state index in [-0.39, 0.29) is 0 Å². The second-order valence-corrected chi connectivity index (χ2v) is 5.33. The molecule has 0 radical (unpaired) electrons. The molecule has 19 heavy (non-hydrogen) atoms. The molecule has 0 spiro atoms. The van der Waals surface area contributed by atoms with Gasteiger partial charge in [-0.15, -0.1) is 6.58 Å². The highest BCUT2D eigenvalue weighted by Gasteiger charge is 2.17. The van der Waals surface area contributed by atoms with Gasteiger partial charge in [0.1, 0.15) is 5.75 Å². The molecule has 106 valence electrons. The maximum absolute atomic E-state index is 5.86. The van der Waals surface area contributed by atoms with E-state index in [9.17, 15) is 0 Å². The van der Waals surface area contributed by atoms with Crippen molar-refractivity contribution in [1.82, 2.24) is 0 Å². The Morgan fingerprint density at radius 3 is 2.42 bits per heavy atom. The van der Waals surface area contributed by atoms with Gasteiger partial charge in [-0.05, 0) is 74.3 Å². The first-order valence-corrected chi connectivity index (χ1v) is 7.41. The van der Waals surface area contributed by atoms with Gasteiger partial charge in [0.25, 0.3) is 0 Å². The Hall–Kier alpha value is -1.24. The van der Waals surface area contributed by atoms with Gasteiger partial charge in [-0.2, -0.15) is 0 Å². The van der Waals surface area contributed by atoms with Crippen LogP contribution in [-0.4, -0.2) is 6.61 Å². The summed E-state index contributed by atoms with van der Waals surface area (Å²) in [6.45, 7) is 15.7. The highest BCUT2D eigenvalue weighted by molar-refractivity contribution is 5.49. The zero-order valence-corrected chi connectivity index (χ0v) is 13.2. The summed E-state index contributed by atoms with van der Waals surface area (Å²) in [7, 11) is 0. The van der Waals surface area contributed by atoms with Gasteiger partial charge in [-0.1, -0.05) is 19.9 Å². The van der Waals surface area contributed by atoms with Gasteiger partial charge >= 0.3 is 0 Å². The molecule has 0 bridgehead atoms. The third kappa shape index (κ3) is 3.62. The smallest absolute Gasteiger partial charge is 0.122 e. The first kappa shape index (κ1) is 15.8. The van der Waals surface area contributed by atoms with Gasteiger partial charge in [0.15, 0.2) is 0 Å². The Morgan fingerprint density at radius 1 is 1.21 bits per heavy atom. The summed E-state index contributed by atoms with van der Waals surface area (Å²) in [6.07, 6.45) is 5.28. The van der Waals surface area contributed by atoms with Gasteiger partial charge in [-0.25, -0.2) is 0 Å². The van der Waals surface area contributed by atoms with Crippen molar-refractivity contribution in [3.8, 4) is 5.75 Å². The van der Waals surface area contributed by atoms with Crippen molar-refractivity contribution in [3.63, 3.8) is 0 Å². The zero-order valence-electron chi connectivity index (χ0n) is 13.2. The quantitative estimate of drug-likeness (QED) is 0.591. The molecule has 0 aromatic heterocycles. The number of hydrogen-bond donors (Lipinski definition) is 0. The largest absolute Gasteiger partial charge is 0.493 e. The molecular formula is C18H28O. The average molecular weight is 260 g/mol. The van der Waals surface area contributed by atoms with E-state index < -0.39 is 0 Å². The predicted octanol–water partition coefficient (Wildman–Crippen LogP) is 5.47. The summed E-state index contributed by atoms with van der Waals surface area (Å²) in [5, 5.41) is 0. The molecule has 1 heteroatoms. The summed E-state index contributed by atoms with van der Waals surface area (Å²) in [5.74, 6) is 1.63. The molecule has 0 aliphatic rings. The van der Waals surface area contributed by atoms with E-state index in [0.29, 0.717) is 5.92 Å². The van der Waals surface area contributed by atoms with Crippen LogP contribution in [0.4, 0.5) is 0 Å². The van der Waals surface area contributed by atoms with Crippen LogP contribution in [0.5, 0.6) is 5.75 Å². The molecule has 1 aromatic rings. The molecule has 1 unspecified atom stereocenters. The Labute approximate surface area is 118 Å². The number of hydrogen-bond acceptors (Lipinski definition) is 1. The van der Waals surface area contributed by atoms with Crippen LogP contribution in [0.2, 0.25) is 0 Å². The number of benzene rings is 1. The van der Waals surface area contributed by atoms with Gasteiger partial charge in [0.05, 0.1) is 6.61 Å².